The molecule has 23 heavy (non-hydrogen) atoms. The number of thiazole rings is 1. The summed E-state index contributed by atoms with van der Waals surface area (Å²) in [5.74, 6) is 0.746. The standard InChI is InChI=1S/C17H13N5S/c1-11-10-23-17(20-11)12-2-4-13(5-3-12)21-15-7-6-14-16(22-15)19-9-8-18-14/h2-10H,1H3,(H,19,21,22). The first kappa shape index (κ1) is 13.8. The van der Waals surface area contributed by atoms with E-state index in [-0.39, 0.29) is 0 Å². The van der Waals surface area contributed by atoms with E-state index in [1.807, 2.05) is 31.2 Å². The minimum atomic E-state index is 0.632. The van der Waals surface area contributed by atoms with Gasteiger partial charge in [-0.1, -0.05) is 0 Å². The number of nitrogens with one attached hydrogen (secondary N) is 1. The van der Waals surface area contributed by atoms with Crippen molar-refractivity contribution in [2.75, 3.05) is 5.32 Å². The molecule has 3 aromatic heterocycles. The molecule has 0 saturated heterocycles. The van der Waals surface area contributed by atoms with E-state index < -0.39 is 0 Å². The SMILES string of the molecule is Cc1csc(-c2ccc(Nc3ccc4nccnc4n3)cc2)n1. The molecule has 1 aromatic carbocycles. The molecule has 1 N–H and O–H groups in total. The third kappa shape index (κ3) is 2.89. The monoisotopic (exact) mass is 319 g/mol. The van der Waals surface area contributed by atoms with Crippen molar-refractivity contribution in [2.45, 2.75) is 6.92 Å². The highest BCUT2D eigenvalue weighted by atomic mass is 32.1. The van der Waals surface area contributed by atoms with Crippen molar-refractivity contribution in [1.82, 2.24) is 19.9 Å². The van der Waals surface area contributed by atoms with Crippen LogP contribution >= 0.6 is 11.3 Å². The van der Waals surface area contributed by atoms with E-state index in [4.69, 9.17) is 0 Å². The van der Waals surface area contributed by atoms with Crippen molar-refractivity contribution in [3.05, 3.63) is 59.9 Å². The minimum Gasteiger partial charge on any atom is -0.340 e. The zero-order chi connectivity index (χ0) is 15.6. The van der Waals surface area contributed by atoms with Gasteiger partial charge in [0.2, 0.25) is 0 Å². The van der Waals surface area contributed by atoms with Crippen LogP contribution in [0.5, 0.6) is 0 Å². The Morgan fingerprint density at radius 2 is 1.74 bits per heavy atom. The molecule has 0 amide bonds. The zero-order valence-electron chi connectivity index (χ0n) is 12.4. The fraction of sp³-hybridized carbons (Fsp3) is 0.0588. The maximum Gasteiger partial charge on any atom is 0.180 e. The predicted molar refractivity (Wildman–Crippen MR) is 92.9 cm³/mol. The Morgan fingerprint density at radius 3 is 2.52 bits per heavy atom. The fourth-order valence-corrected chi connectivity index (χ4v) is 3.06. The van der Waals surface area contributed by atoms with Crippen LogP contribution < -0.4 is 5.32 Å². The number of benzene rings is 1. The quantitative estimate of drug-likeness (QED) is 0.613. The number of pyridine rings is 1. The smallest absolute Gasteiger partial charge is 0.180 e. The van der Waals surface area contributed by atoms with Gasteiger partial charge in [0.05, 0.1) is 0 Å². The molecule has 0 aliphatic heterocycles. The van der Waals surface area contributed by atoms with Crippen molar-refractivity contribution in [3.63, 3.8) is 0 Å². The topological polar surface area (TPSA) is 63.6 Å². The summed E-state index contributed by atoms with van der Waals surface area (Å²) in [7, 11) is 0. The number of fused-ring (bicyclic) bond motifs is 1. The molecule has 0 bridgehead atoms. The van der Waals surface area contributed by atoms with Crippen LogP contribution in [-0.4, -0.2) is 19.9 Å². The summed E-state index contributed by atoms with van der Waals surface area (Å²) in [5.41, 5.74) is 4.55. The van der Waals surface area contributed by atoms with Crippen LogP contribution in [0.15, 0.2) is 54.2 Å². The van der Waals surface area contributed by atoms with Gasteiger partial charge in [0.1, 0.15) is 16.3 Å². The van der Waals surface area contributed by atoms with Crippen LogP contribution in [0.3, 0.4) is 0 Å². The second-order valence-electron chi connectivity index (χ2n) is 5.09. The Morgan fingerprint density at radius 1 is 0.913 bits per heavy atom. The molecule has 0 unspecified atom stereocenters. The van der Waals surface area contributed by atoms with Gasteiger partial charge >= 0.3 is 0 Å². The molecule has 0 radical (unpaired) electrons. The highest BCUT2D eigenvalue weighted by Crippen LogP contribution is 2.25. The Hall–Kier alpha value is -2.86. The minimum absolute atomic E-state index is 0.632. The third-order valence-corrected chi connectivity index (χ3v) is 4.36. The van der Waals surface area contributed by atoms with Crippen LogP contribution in [0.2, 0.25) is 0 Å². The second-order valence-corrected chi connectivity index (χ2v) is 5.95. The molecule has 0 spiro atoms. The molecule has 0 atom stereocenters. The van der Waals surface area contributed by atoms with E-state index >= 15 is 0 Å². The fourth-order valence-electron chi connectivity index (χ4n) is 2.25. The maximum atomic E-state index is 4.50. The number of aryl methyl sites for hydroxylation is 1. The Labute approximate surface area is 137 Å². The predicted octanol–water partition coefficient (Wildman–Crippen LogP) is 4.20. The molecule has 3 heterocycles. The Balaban J connectivity index is 1.58. The molecule has 0 aliphatic carbocycles. The van der Waals surface area contributed by atoms with E-state index in [2.05, 4.69) is 42.8 Å². The van der Waals surface area contributed by atoms with Gasteiger partial charge in [-0.2, -0.15) is 0 Å². The van der Waals surface area contributed by atoms with Crippen LogP contribution in [-0.2, 0) is 0 Å². The summed E-state index contributed by atoms with van der Waals surface area (Å²) in [6.07, 6.45) is 3.31. The van der Waals surface area contributed by atoms with Gasteiger partial charge in [-0.05, 0) is 43.3 Å². The summed E-state index contributed by atoms with van der Waals surface area (Å²) >= 11 is 1.65. The molecule has 0 aliphatic rings. The molecule has 4 rings (SSSR count). The molecule has 0 fully saturated rings. The summed E-state index contributed by atoms with van der Waals surface area (Å²) in [5, 5.41) is 6.38. The zero-order valence-corrected chi connectivity index (χ0v) is 13.2. The third-order valence-electron chi connectivity index (χ3n) is 3.35. The molecule has 5 nitrogen and oxygen atoms in total. The number of anilines is 2. The Bertz CT molecular complexity index is 962. The molecular formula is C17H13N5S. The molecule has 0 saturated carbocycles. The van der Waals surface area contributed by atoms with E-state index in [0.717, 1.165) is 33.3 Å². The van der Waals surface area contributed by atoms with E-state index in [9.17, 15) is 0 Å². The number of hydrogen-bond donors (Lipinski definition) is 1. The lowest BCUT2D eigenvalue weighted by Gasteiger charge is -2.06. The van der Waals surface area contributed by atoms with Crippen molar-refractivity contribution in [1.29, 1.82) is 0 Å². The first-order chi connectivity index (χ1) is 11.3. The molecule has 112 valence electrons. The normalized spacial score (nSPS) is 10.8. The van der Waals surface area contributed by atoms with E-state index in [1.165, 1.54) is 0 Å². The average Bonchev–Trinajstić information content (AvgIpc) is 3.02. The highest BCUT2D eigenvalue weighted by Gasteiger charge is 2.04. The summed E-state index contributed by atoms with van der Waals surface area (Å²) in [6.45, 7) is 2.00. The first-order valence-electron chi connectivity index (χ1n) is 7.15. The lowest BCUT2D eigenvalue weighted by atomic mass is 10.2. The number of nitrogens with zero attached hydrogens (tertiary/aromatic N) is 4. The van der Waals surface area contributed by atoms with Crippen LogP contribution in [0, 0.1) is 6.92 Å². The van der Waals surface area contributed by atoms with Crippen molar-refractivity contribution in [2.24, 2.45) is 0 Å². The largest absolute Gasteiger partial charge is 0.340 e. The number of aromatic nitrogens is 4. The molecule has 4 aromatic rings. The van der Waals surface area contributed by atoms with Gasteiger partial charge in [0, 0.05) is 34.7 Å². The molecular weight excluding hydrogens is 306 g/mol. The lowest BCUT2D eigenvalue weighted by molar-refractivity contribution is 1.22. The van der Waals surface area contributed by atoms with Gasteiger partial charge in [-0.3, -0.25) is 4.98 Å². The van der Waals surface area contributed by atoms with Gasteiger partial charge in [-0.25, -0.2) is 15.0 Å². The van der Waals surface area contributed by atoms with E-state index in [1.54, 1.807) is 23.7 Å². The summed E-state index contributed by atoms with van der Waals surface area (Å²) < 4.78 is 0. The number of hydrogen-bond acceptors (Lipinski definition) is 6. The Kier molecular flexibility index (Phi) is 3.44. The summed E-state index contributed by atoms with van der Waals surface area (Å²) in [4.78, 5) is 17.4. The van der Waals surface area contributed by atoms with E-state index in [0.29, 0.717) is 5.65 Å². The van der Waals surface area contributed by atoms with Crippen LogP contribution in [0.25, 0.3) is 21.7 Å². The van der Waals surface area contributed by atoms with Gasteiger partial charge in [0.15, 0.2) is 5.65 Å². The average molecular weight is 319 g/mol. The van der Waals surface area contributed by atoms with Crippen molar-refractivity contribution < 1.29 is 0 Å². The van der Waals surface area contributed by atoms with Gasteiger partial charge in [0.25, 0.3) is 0 Å². The highest BCUT2D eigenvalue weighted by molar-refractivity contribution is 7.13. The van der Waals surface area contributed by atoms with Gasteiger partial charge < -0.3 is 5.32 Å². The van der Waals surface area contributed by atoms with Crippen LogP contribution in [0.4, 0.5) is 11.5 Å². The maximum absolute atomic E-state index is 4.50. The van der Waals surface area contributed by atoms with Crippen molar-refractivity contribution >= 4 is 34.0 Å². The number of rotatable bonds is 3. The van der Waals surface area contributed by atoms with Gasteiger partial charge in [-0.15, -0.1) is 11.3 Å². The first-order valence-corrected chi connectivity index (χ1v) is 8.03. The van der Waals surface area contributed by atoms with Crippen molar-refractivity contribution in [3.8, 4) is 10.6 Å². The van der Waals surface area contributed by atoms with Crippen LogP contribution in [0.1, 0.15) is 5.69 Å². The second kappa shape index (κ2) is 5.73. The summed E-state index contributed by atoms with van der Waals surface area (Å²) in [6, 6.07) is 12.0. The lowest BCUT2D eigenvalue weighted by Crippen LogP contribution is -1.95. The molecule has 6 heteroatoms.